The first-order valence-electron chi connectivity index (χ1n) is 5.89. The van der Waals surface area contributed by atoms with E-state index in [1.165, 1.54) is 0 Å². The molecular formula is C11H15NO6S. The zero-order valence-corrected chi connectivity index (χ0v) is 11.0. The number of nitrogens with one attached hydrogen (secondary N) is 1. The number of sulfonamides is 1. The maximum Gasteiger partial charge on any atom is 0.371 e. The molecule has 1 fully saturated rings. The zero-order valence-electron chi connectivity index (χ0n) is 10.2. The van der Waals surface area contributed by atoms with Crippen molar-refractivity contribution in [3.63, 3.8) is 0 Å². The molecule has 7 nitrogen and oxygen atoms in total. The molecular weight excluding hydrogens is 274 g/mol. The van der Waals surface area contributed by atoms with Crippen LogP contribution in [0.2, 0.25) is 0 Å². The Hall–Kier alpha value is -1.38. The Morgan fingerprint density at radius 2 is 2.26 bits per heavy atom. The second-order valence-electron chi connectivity index (χ2n) is 4.34. The smallest absolute Gasteiger partial charge is 0.371 e. The summed E-state index contributed by atoms with van der Waals surface area (Å²) < 4.78 is 36.0. The number of rotatable bonds is 6. The summed E-state index contributed by atoms with van der Waals surface area (Å²) in [6.45, 7) is 1.66. The van der Waals surface area contributed by atoms with Crippen molar-refractivity contribution in [2.45, 2.75) is 17.9 Å². The molecule has 1 saturated heterocycles. The number of hydrogen-bond donors (Lipinski definition) is 2. The van der Waals surface area contributed by atoms with E-state index in [2.05, 4.69) is 4.72 Å². The van der Waals surface area contributed by atoms with Gasteiger partial charge >= 0.3 is 5.97 Å². The van der Waals surface area contributed by atoms with E-state index >= 15 is 0 Å². The third-order valence-corrected chi connectivity index (χ3v) is 4.26. The van der Waals surface area contributed by atoms with Crippen LogP contribution in [0.4, 0.5) is 0 Å². The highest BCUT2D eigenvalue weighted by atomic mass is 32.2. The van der Waals surface area contributed by atoms with Crippen LogP contribution in [-0.4, -0.2) is 39.3 Å². The van der Waals surface area contributed by atoms with Crippen LogP contribution < -0.4 is 4.72 Å². The minimum absolute atomic E-state index is 0.277. The molecule has 19 heavy (non-hydrogen) atoms. The van der Waals surface area contributed by atoms with Crippen molar-refractivity contribution in [1.29, 1.82) is 0 Å². The number of ether oxygens (including phenoxy) is 1. The Labute approximate surface area is 110 Å². The topological polar surface area (TPSA) is 106 Å². The highest BCUT2D eigenvalue weighted by molar-refractivity contribution is 7.89. The predicted molar refractivity (Wildman–Crippen MR) is 64.4 cm³/mol. The fourth-order valence-electron chi connectivity index (χ4n) is 1.86. The molecule has 1 aliphatic rings. The fraction of sp³-hybridized carbons (Fsp3) is 0.545. The molecule has 1 unspecified atom stereocenters. The summed E-state index contributed by atoms with van der Waals surface area (Å²) in [7, 11) is -3.79. The van der Waals surface area contributed by atoms with E-state index in [1.807, 2.05) is 0 Å². The Morgan fingerprint density at radius 3 is 2.84 bits per heavy atom. The van der Waals surface area contributed by atoms with Crippen LogP contribution in [0.1, 0.15) is 23.4 Å². The van der Waals surface area contributed by atoms with Crippen LogP contribution in [-0.2, 0) is 14.8 Å². The number of furan rings is 1. The van der Waals surface area contributed by atoms with Crippen molar-refractivity contribution in [1.82, 2.24) is 4.72 Å². The van der Waals surface area contributed by atoms with Gasteiger partial charge in [-0.3, -0.25) is 0 Å². The number of carboxylic acids is 1. The normalized spacial score (nSPS) is 19.7. The first kappa shape index (κ1) is 14.0. The van der Waals surface area contributed by atoms with Crippen LogP contribution >= 0.6 is 0 Å². The van der Waals surface area contributed by atoms with Crippen LogP contribution in [0, 0.1) is 5.92 Å². The monoisotopic (exact) mass is 289 g/mol. The molecule has 2 rings (SSSR count). The van der Waals surface area contributed by atoms with Gasteiger partial charge in [-0.25, -0.2) is 17.9 Å². The van der Waals surface area contributed by atoms with Crippen molar-refractivity contribution < 1.29 is 27.5 Å². The molecule has 0 amide bonds. The molecule has 1 aromatic rings. The molecule has 0 saturated carbocycles. The summed E-state index contributed by atoms with van der Waals surface area (Å²) in [5, 5.41) is 8.28. The Bertz CT molecular complexity index is 543. The molecule has 0 spiro atoms. The van der Waals surface area contributed by atoms with Gasteiger partial charge < -0.3 is 14.3 Å². The van der Waals surface area contributed by atoms with Gasteiger partial charge in [0.1, 0.15) is 0 Å². The molecule has 8 heteroatoms. The summed E-state index contributed by atoms with van der Waals surface area (Å²) in [4.78, 5) is 10.6. The molecule has 2 N–H and O–H groups in total. The van der Waals surface area contributed by atoms with Gasteiger partial charge in [0.2, 0.25) is 10.9 Å². The molecule has 106 valence electrons. The van der Waals surface area contributed by atoms with Crippen molar-refractivity contribution in [2.75, 3.05) is 19.8 Å². The van der Waals surface area contributed by atoms with E-state index in [-0.39, 0.29) is 11.6 Å². The summed E-state index contributed by atoms with van der Waals surface area (Å²) in [6, 6.07) is 2.24. The van der Waals surface area contributed by atoms with Crippen molar-refractivity contribution in [2.24, 2.45) is 5.92 Å². The lowest BCUT2D eigenvalue weighted by Crippen LogP contribution is -2.26. The quantitative estimate of drug-likeness (QED) is 0.797. The molecule has 1 aliphatic heterocycles. The largest absolute Gasteiger partial charge is 0.475 e. The number of carbonyl (C=O) groups is 1. The van der Waals surface area contributed by atoms with Crippen LogP contribution in [0.25, 0.3) is 0 Å². The number of hydrogen-bond acceptors (Lipinski definition) is 5. The first-order valence-corrected chi connectivity index (χ1v) is 7.38. The molecule has 0 aliphatic carbocycles. The highest BCUT2D eigenvalue weighted by Crippen LogP contribution is 2.17. The predicted octanol–water partition coefficient (Wildman–Crippen LogP) is 0.683. The average Bonchev–Trinajstić information content (AvgIpc) is 2.99. The summed E-state index contributed by atoms with van der Waals surface area (Å²) >= 11 is 0. The second-order valence-corrected chi connectivity index (χ2v) is 6.04. The number of carboxylic acid groups (broad SMARTS) is 1. The van der Waals surface area contributed by atoms with Crippen LogP contribution in [0.3, 0.4) is 0 Å². The molecule has 0 bridgehead atoms. The number of aromatic carboxylic acids is 1. The minimum Gasteiger partial charge on any atom is -0.475 e. The summed E-state index contributed by atoms with van der Waals surface area (Å²) in [5.41, 5.74) is 0. The Balaban J connectivity index is 1.91. The van der Waals surface area contributed by atoms with Gasteiger partial charge in [-0.05, 0) is 30.9 Å². The first-order chi connectivity index (χ1) is 8.99. The third-order valence-electron chi connectivity index (χ3n) is 2.93. The maximum atomic E-state index is 11.8. The van der Waals surface area contributed by atoms with Crippen molar-refractivity contribution >= 4 is 16.0 Å². The van der Waals surface area contributed by atoms with E-state index in [0.29, 0.717) is 18.9 Å². The summed E-state index contributed by atoms with van der Waals surface area (Å²) in [6.07, 6.45) is 1.62. The van der Waals surface area contributed by atoms with Gasteiger partial charge in [0, 0.05) is 19.8 Å². The molecule has 0 aromatic carbocycles. The average molecular weight is 289 g/mol. The standard InChI is InChI=1S/C11H15NO6S/c13-11(14)9-1-2-10(18-9)19(15,16)12-5-3-8-4-6-17-7-8/h1-2,8,12H,3-7H2,(H,13,14). The van der Waals surface area contributed by atoms with Crippen molar-refractivity contribution in [3.05, 3.63) is 17.9 Å². The Morgan fingerprint density at radius 1 is 1.47 bits per heavy atom. The third kappa shape index (κ3) is 3.55. The molecule has 1 aromatic heterocycles. The zero-order chi connectivity index (χ0) is 13.9. The van der Waals surface area contributed by atoms with Gasteiger partial charge in [-0.15, -0.1) is 0 Å². The molecule has 1 atom stereocenters. The van der Waals surface area contributed by atoms with E-state index < -0.39 is 21.8 Å². The fourth-order valence-corrected chi connectivity index (χ4v) is 2.83. The van der Waals surface area contributed by atoms with E-state index in [4.69, 9.17) is 14.3 Å². The highest BCUT2D eigenvalue weighted by Gasteiger charge is 2.22. The second kappa shape index (κ2) is 5.72. The van der Waals surface area contributed by atoms with Gasteiger partial charge in [-0.2, -0.15) is 0 Å². The maximum absolute atomic E-state index is 11.8. The lowest BCUT2D eigenvalue weighted by Gasteiger charge is -2.07. The Kier molecular flexibility index (Phi) is 4.23. The lowest BCUT2D eigenvalue weighted by atomic mass is 10.1. The van der Waals surface area contributed by atoms with E-state index in [9.17, 15) is 13.2 Å². The van der Waals surface area contributed by atoms with E-state index in [1.54, 1.807) is 0 Å². The van der Waals surface area contributed by atoms with Crippen LogP contribution in [0.15, 0.2) is 21.6 Å². The van der Waals surface area contributed by atoms with Gasteiger partial charge in [-0.1, -0.05) is 0 Å². The SMILES string of the molecule is O=C(O)c1ccc(S(=O)(=O)NCCC2CCOC2)o1. The lowest BCUT2D eigenvalue weighted by molar-refractivity contribution is 0.0656. The van der Waals surface area contributed by atoms with E-state index in [0.717, 1.165) is 25.2 Å². The minimum atomic E-state index is -3.79. The summed E-state index contributed by atoms with van der Waals surface area (Å²) in [5.74, 6) is -1.33. The van der Waals surface area contributed by atoms with Crippen LogP contribution in [0.5, 0.6) is 0 Å². The molecule has 0 radical (unpaired) electrons. The van der Waals surface area contributed by atoms with Gasteiger partial charge in [0.15, 0.2) is 0 Å². The van der Waals surface area contributed by atoms with Gasteiger partial charge in [0.05, 0.1) is 0 Å². The van der Waals surface area contributed by atoms with Gasteiger partial charge in [0.25, 0.3) is 10.0 Å². The molecule has 2 heterocycles. The van der Waals surface area contributed by atoms with Crippen molar-refractivity contribution in [3.8, 4) is 0 Å².